The van der Waals surface area contributed by atoms with E-state index in [1.165, 1.54) is 11.3 Å². The van der Waals surface area contributed by atoms with Crippen LogP contribution in [0.5, 0.6) is 0 Å². The van der Waals surface area contributed by atoms with Gasteiger partial charge in [-0.3, -0.25) is 0 Å². The molecule has 1 aromatic heterocycles. The molecule has 2 N–H and O–H groups in total. The Kier molecular flexibility index (Phi) is 6.96. The molecule has 1 aromatic carbocycles. The van der Waals surface area contributed by atoms with Crippen LogP contribution >= 0.6 is 11.3 Å². The van der Waals surface area contributed by atoms with Crippen LogP contribution in [-0.2, 0) is 17.6 Å². The monoisotopic (exact) mass is 390 g/mol. The van der Waals surface area contributed by atoms with Gasteiger partial charge in [0.1, 0.15) is 10.6 Å². The third-order valence-electron chi connectivity index (χ3n) is 3.80. The summed E-state index contributed by atoms with van der Waals surface area (Å²) in [7, 11) is 0. The van der Waals surface area contributed by atoms with Crippen molar-refractivity contribution in [3.63, 3.8) is 0 Å². The van der Waals surface area contributed by atoms with Gasteiger partial charge >= 0.3 is 12.1 Å². The third-order valence-corrected chi connectivity index (χ3v) is 5.03. The molecule has 0 aliphatic carbocycles. The number of nitrogens with zero attached hydrogens (tertiary/aromatic N) is 1. The van der Waals surface area contributed by atoms with Crippen molar-refractivity contribution in [3.05, 3.63) is 51.5 Å². The van der Waals surface area contributed by atoms with Crippen LogP contribution < -0.4 is 5.32 Å². The average molecular weight is 391 g/mol. The molecular weight excluding hydrogens is 364 g/mol. The number of benzene rings is 1. The van der Waals surface area contributed by atoms with Gasteiger partial charge in [-0.15, -0.1) is 11.3 Å². The van der Waals surface area contributed by atoms with E-state index in [9.17, 15) is 14.7 Å². The van der Waals surface area contributed by atoms with Crippen LogP contribution in [0.15, 0.2) is 30.3 Å². The summed E-state index contributed by atoms with van der Waals surface area (Å²) in [5.41, 5.74) is 0.608. The highest BCUT2D eigenvalue weighted by Crippen LogP contribution is 2.27. The van der Waals surface area contributed by atoms with Crippen LogP contribution in [0.2, 0.25) is 0 Å². The van der Waals surface area contributed by atoms with E-state index in [2.05, 4.69) is 10.3 Å². The lowest BCUT2D eigenvalue weighted by molar-refractivity contribution is 0.0502. The lowest BCUT2D eigenvalue weighted by atomic mass is 10.1. The van der Waals surface area contributed by atoms with Gasteiger partial charge in [-0.25, -0.2) is 14.6 Å². The Morgan fingerprint density at radius 3 is 2.44 bits per heavy atom. The summed E-state index contributed by atoms with van der Waals surface area (Å²) >= 11 is 1.34. The second kappa shape index (κ2) is 8.99. The minimum Gasteiger partial charge on any atom is -0.476 e. The van der Waals surface area contributed by atoms with Crippen LogP contribution in [0.1, 0.15) is 66.1 Å². The highest BCUT2D eigenvalue weighted by atomic mass is 32.1. The highest BCUT2D eigenvalue weighted by Gasteiger charge is 2.25. The van der Waals surface area contributed by atoms with Crippen LogP contribution in [0.3, 0.4) is 0 Å². The number of alkyl carbamates (subject to hydrolysis) is 1. The summed E-state index contributed by atoms with van der Waals surface area (Å²) in [4.78, 5) is 28.7. The van der Waals surface area contributed by atoms with Crippen LogP contribution in [0.25, 0.3) is 0 Å². The van der Waals surface area contributed by atoms with Crippen molar-refractivity contribution in [1.29, 1.82) is 0 Å². The van der Waals surface area contributed by atoms with E-state index in [4.69, 9.17) is 4.74 Å². The van der Waals surface area contributed by atoms with Crippen molar-refractivity contribution >= 4 is 23.4 Å². The standard InChI is InChI=1S/C20H26N2O4S/c1-5-14(21-19(25)26-20(2,3)4)17-22-16(18(23)24)15(27-17)12-11-13-9-7-6-8-10-13/h6-10,14H,5,11-12H2,1-4H3,(H,21,25)(H,23,24)/t14-/m0/s1. The molecule has 27 heavy (non-hydrogen) atoms. The molecule has 1 amide bonds. The molecule has 0 aliphatic rings. The molecular formula is C20H26N2O4S. The average Bonchev–Trinajstić information content (AvgIpc) is 3.01. The molecule has 0 saturated heterocycles. The third kappa shape index (κ3) is 6.36. The molecule has 2 aromatic rings. The zero-order valence-corrected chi connectivity index (χ0v) is 16.9. The Bertz CT molecular complexity index is 781. The second-order valence-electron chi connectivity index (χ2n) is 7.22. The van der Waals surface area contributed by atoms with E-state index < -0.39 is 17.7 Å². The summed E-state index contributed by atoms with van der Waals surface area (Å²) in [6, 6.07) is 9.52. The second-order valence-corrected chi connectivity index (χ2v) is 8.34. The van der Waals surface area contributed by atoms with Gasteiger partial charge in [0, 0.05) is 4.88 Å². The maximum absolute atomic E-state index is 12.1. The van der Waals surface area contributed by atoms with Gasteiger partial charge in [-0.2, -0.15) is 0 Å². The molecule has 1 heterocycles. The number of thiazole rings is 1. The minimum atomic E-state index is -1.05. The van der Waals surface area contributed by atoms with E-state index in [0.717, 1.165) is 12.0 Å². The fourth-order valence-corrected chi connectivity index (χ4v) is 3.74. The van der Waals surface area contributed by atoms with Crippen molar-refractivity contribution in [1.82, 2.24) is 10.3 Å². The number of carboxylic acid groups (broad SMARTS) is 1. The van der Waals surface area contributed by atoms with E-state index in [1.807, 2.05) is 37.3 Å². The number of carboxylic acids is 1. The van der Waals surface area contributed by atoms with E-state index >= 15 is 0 Å². The molecule has 0 aliphatic heterocycles. The Morgan fingerprint density at radius 1 is 1.22 bits per heavy atom. The molecule has 0 unspecified atom stereocenters. The van der Waals surface area contributed by atoms with Crippen molar-refractivity contribution in [2.45, 2.75) is 58.6 Å². The van der Waals surface area contributed by atoms with Gasteiger partial charge in [0.2, 0.25) is 0 Å². The molecule has 146 valence electrons. The van der Waals surface area contributed by atoms with Gasteiger partial charge < -0.3 is 15.2 Å². The first-order valence-corrected chi connectivity index (χ1v) is 9.77. The van der Waals surface area contributed by atoms with Crippen LogP contribution in [0, 0.1) is 0 Å². The largest absolute Gasteiger partial charge is 0.476 e. The van der Waals surface area contributed by atoms with Gasteiger partial charge in [-0.05, 0) is 45.6 Å². The predicted octanol–water partition coefficient (Wildman–Crippen LogP) is 4.60. The molecule has 0 spiro atoms. The summed E-state index contributed by atoms with van der Waals surface area (Å²) in [5, 5.41) is 12.9. The molecule has 7 heteroatoms. The molecule has 2 rings (SSSR count). The molecule has 6 nitrogen and oxygen atoms in total. The zero-order valence-electron chi connectivity index (χ0n) is 16.1. The first kappa shape index (κ1) is 20.9. The van der Waals surface area contributed by atoms with Crippen molar-refractivity contribution in [3.8, 4) is 0 Å². The van der Waals surface area contributed by atoms with Gasteiger partial charge in [0.15, 0.2) is 5.69 Å². The minimum absolute atomic E-state index is 0.0652. The zero-order chi connectivity index (χ0) is 20.0. The lowest BCUT2D eigenvalue weighted by Gasteiger charge is -2.22. The summed E-state index contributed by atoms with van der Waals surface area (Å²) in [6.07, 6.45) is 1.38. The number of amides is 1. The lowest BCUT2D eigenvalue weighted by Crippen LogP contribution is -2.34. The number of rotatable bonds is 7. The van der Waals surface area contributed by atoms with E-state index in [0.29, 0.717) is 22.7 Å². The van der Waals surface area contributed by atoms with Crippen molar-refractivity contribution in [2.24, 2.45) is 0 Å². The number of carbonyl (C=O) groups excluding carboxylic acids is 1. The normalized spacial score (nSPS) is 12.4. The van der Waals surface area contributed by atoms with Crippen molar-refractivity contribution < 1.29 is 19.4 Å². The highest BCUT2D eigenvalue weighted by molar-refractivity contribution is 7.12. The van der Waals surface area contributed by atoms with Gasteiger partial charge in [0.25, 0.3) is 0 Å². The topological polar surface area (TPSA) is 88.5 Å². The molecule has 1 atom stereocenters. The molecule has 0 radical (unpaired) electrons. The summed E-state index contributed by atoms with van der Waals surface area (Å²) in [6.45, 7) is 7.29. The van der Waals surface area contributed by atoms with Crippen molar-refractivity contribution in [2.75, 3.05) is 0 Å². The van der Waals surface area contributed by atoms with Gasteiger partial charge in [0.05, 0.1) is 6.04 Å². The summed E-state index contributed by atoms with van der Waals surface area (Å²) in [5.74, 6) is -1.05. The number of aromatic nitrogens is 1. The Labute approximate surface area is 163 Å². The summed E-state index contributed by atoms with van der Waals surface area (Å²) < 4.78 is 5.29. The first-order valence-electron chi connectivity index (χ1n) is 8.96. The van der Waals surface area contributed by atoms with Gasteiger partial charge in [-0.1, -0.05) is 37.3 Å². The first-order chi connectivity index (χ1) is 12.7. The maximum Gasteiger partial charge on any atom is 0.408 e. The Balaban J connectivity index is 2.15. The number of carbonyl (C=O) groups is 2. The number of hydrogen-bond acceptors (Lipinski definition) is 5. The fraction of sp³-hybridized carbons (Fsp3) is 0.450. The fourth-order valence-electron chi connectivity index (χ4n) is 2.55. The molecule has 0 bridgehead atoms. The Morgan fingerprint density at radius 2 is 1.89 bits per heavy atom. The SMILES string of the molecule is CC[C@H](NC(=O)OC(C)(C)C)c1nc(C(=O)O)c(CCc2ccccc2)s1. The molecule has 0 saturated carbocycles. The number of aryl methyl sites for hydroxylation is 2. The van der Waals surface area contributed by atoms with Crippen LogP contribution in [-0.4, -0.2) is 27.8 Å². The van der Waals surface area contributed by atoms with Crippen LogP contribution in [0.4, 0.5) is 4.79 Å². The smallest absolute Gasteiger partial charge is 0.408 e. The number of aromatic carboxylic acids is 1. The molecule has 0 fully saturated rings. The number of hydrogen-bond donors (Lipinski definition) is 2. The number of nitrogens with one attached hydrogen (secondary N) is 1. The van der Waals surface area contributed by atoms with E-state index in [1.54, 1.807) is 20.8 Å². The maximum atomic E-state index is 12.1. The number of ether oxygens (including phenoxy) is 1. The Hall–Kier alpha value is -2.41. The quantitative estimate of drug-likeness (QED) is 0.721. The predicted molar refractivity (Wildman–Crippen MR) is 105 cm³/mol. The van der Waals surface area contributed by atoms with E-state index in [-0.39, 0.29) is 11.7 Å².